The molecule has 0 aliphatic rings. The van der Waals surface area contributed by atoms with Crippen LogP contribution >= 0.6 is 11.3 Å². The third-order valence-electron chi connectivity index (χ3n) is 3.57. The van der Waals surface area contributed by atoms with Gasteiger partial charge in [-0.25, -0.2) is 4.98 Å². The molecule has 2 aromatic rings. The van der Waals surface area contributed by atoms with Crippen molar-refractivity contribution in [1.29, 1.82) is 0 Å². The molecule has 28 heavy (non-hydrogen) atoms. The topological polar surface area (TPSA) is 121 Å². The van der Waals surface area contributed by atoms with Crippen LogP contribution in [-0.2, 0) is 26.1 Å². The lowest BCUT2D eigenvalue weighted by Crippen LogP contribution is -2.24. The molecule has 0 spiro atoms. The number of esters is 1. The molecule has 1 aromatic carbocycles. The van der Waals surface area contributed by atoms with Crippen molar-refractivity contribution in [3.05, 3.63) is 40.9 Å². The Morgan fingerprint density at radius 3 is 2.75 bits per heavy atom. The molecule has 2 rings (SSSR count). The molecule has 11 heteroatoms. The van der Waals surface area contributed by atoms with Crippen LogP contribution in [0.2, 0.25) is 0 Å². The van der Waals surface area contributed by atoms with Gasteiger partial charge in [-0.1, -0.05) is 12.1 Å². The summed E-state index contributed by atoms with van der Waals surface area (Å²) in [4.78, 5) is 17.4. The highest BCUT2D eigenvalue weighted by Crippen LogP contribution is 2.16. The van der Waals surface area contributed by atoms with Crippen LogP contribution in [0.3, 0.4) is 0 Å². The van der Waals surface area contributed by atoms with Gasteiger partial charge in [0, 0.05) is 24.7 Å². The molecule has 0 aliphatic heterocycles. The number of hydrogen-bond donors (Lipinski definition) is 2. The van der Waals surface area contributed by atoms with E-state index >= 15 is 0 Å². The predicted octanol–water partition coefficient (Wildman–Crippen LogP) is 2.02. The average Bonchev–Trinajstić information content (AvgIpc) is 3.07. The van der Waals surface area contributed by atoms with Crippen LogP contribution in [0.4, 0.5) is 10.8 Å². The first-order valence-electron chi connectivity index (χ1n) is 8.42. The van der Waals surface area contributed by atoms with Gasteiger partial charge in [-0.3, -0.25) is 14.8 Å². The quantitative estimate of drug-likeness (QED) is 0.256. The van der Waals surface area contributed by atoms with E-state index in [1.54, 1.807) is 30.5 Å². The number of thiazole rings is 1. The molecule has 9 nitrogen and oxygen atoms in total. The van der Waals surface area contributed by atoms with E-state index in [2.05, 4.69) is 15.5 Å². The number of nitrogens with one attached hydrogen (secondary N) is 1. The van der Waals surface area contributed by atoms with Crippen molar-refractivity contribution in [2.45, 2.75) is 13.3 Å². The summed E-state index contributed by atoms with van der Waals surface area (Å²) in [5.74, 6) is -0.646. The van der Waals surface area contributed by atoms with Crippen LogP contribution in [0.25, 0.3) is 0 Å². The molecule has 0 saturated carbocycles. The molecule has 0 atom stereocenters. The van der Waals surface area contributed by atoms with Crippen LogP contribution in [0.15, 0.2) is 34.7 Å². The smallest absolute Gasteiger partial charge is 0.311 e. The maximum atomic E-state index is 11.4. The Morgan fingerprint density at radius 1 is 1.39 bits per heavy atom. The predicted molar refractivity (Wildman–Crippen MR) is 110 cm³/mol. The van der Waals surface area contributed by atoms with Crippen molar-refractivity contribution < 1.29 is 22.5 Å². The fourth-order valence-corrected chi connectivity index (χ4v) is 3.32. The molecule has 152 valence electrons. The van der Waals surface area contributed by atoms with Gasteiger partial charge < -0.3 is 9.64 Å². The molecule has 0 aliphatic carbocycles. The standard InChI is InChI=1S/C17H22N4O5S2/c1-3-26-16(22)10-14-12-27-17(19-14)20-18-11-13-4-6-15(7-5-13)21(2)8-9-28(23,24)25/h4-7,11-12H,3,8-10H2,1-2H3,(H,19,20)(H,23,24,25). The van der Waals surface area contributed by atoms with E-state index in [0.717, 1.165) is 11.3 Å². The fraction of sp³-hybridized carbons (Fsp3) is 0.353. The van der Waals surface area contributed by atoms with E-state index in [-0.39, 0.29) is 24.7 Å². The number of nitrogens with zero attached hydrogens (tertiary/aromatic N) is 3. The van der Waals surface area contributed by atoms with E-state index in [1.165, 1.54) is 11.3 Å². The van der Waals surface area contributed by atoms with Crippen LogP contribution in [0.1, 0.15) is 18.2 Å². The Morgan fingerprint density at radius 2 is 2.11 bits per heavy atom. The largest absolute Gasteiger partial charge is 0.466 e. The molecular weight excluding hydrogens is 404 g/mol. The molecule has 1 heterocycles. The van der Waals surface area contributed by atoms with Crippen LogP contribution in [0, 0.1) is 0 Å². The molecule has 0 amide bonds. The third kappa shape index (κ3) is 7.62. The molecular formula is C17H22N4O5S2. The Balaban J connectivity index is 1.86. The SMILES string of the molecule is CCOC(=O)Cc1csc(NN=Cc2ccc(N(C)CCS(=O)(=O)O)cc2)n1. The summed E-state index contributed by atoms with van der Waals surface area (Å²) in [5, 5.41) is 6.45. The summed E-state index contributed by atoms with van der Waals surface area (Å²) >= 11 is 1.34. The third-order valence-corrected chi connectivity index (χ3v) is 5.07. The summed E-state index contributed by atoms with van der Waals surface area (Å²) in [6, 6.07) is 7.31. The summed E-state index contributed by atoms with van der Waals surface area (Å²) in [7, 11) is -2.24. The second-order valence-electron chi connectivity index (χ2n) is 5.79. The first-order valence-corrected chi connectivity index (χ1v) is 10.9. The van der Waals surface area contributed by atoms with Crippen molar-refractivity contribution >= 4 is 44.5 Å². The molecule has 0 saturated heterocycles. The Hall–Kier alpha value is -2.50. The Labute approximate surface area is 167 Å². The van der Waals surface area contributed by atoms with Crippen molar-refractivity contribution in [2.75, 3.05) is 36.3 Å². The van der Waals surface area contributed by atoms with Crippen LogP contribution in [-0.4, -0.2) is 56.1 Å². The van der Waals surface area contributed by atoms with E-state index in [4.69, 9.17) is 9.29 Å². The molecule has 0 radical (unpaired) electrons. The van der Waals surface area contributed by atoms with Gasteiger partial charge in [0.15, 0.2) is 0 Å². The zero-order valence-corrected chi connectivity index (χ0v) is 17.2. The number of hydrazone groups is 1. The number of ether oxygens (including phenoxy) is 1. The maximum Gasteiger partial charge on any atom is 0.311 e. The number of carbonyl (C=O) groups is 1. The zero-order valence-electron chi connectivity index (χ0n) is 15.5. The average molecular weight is 427 g/mol. The summed E-state index contributed by atoms with van der Waals surface area (Å²) < 4.78 is 35.3. The highest BCUT2D eigenvalue weighted by Gasteiger charge is 2.09. The highest BCUT2D eigenvalue weighted by atomic mass is 32.2. The Kier molecular flexibility index (Phi) is 7.91. The number of hydrogen-bond acceptors (Lipinski definition) is 9. The van der Waals surface area contributed by atoms with Gasteiger partial charge in [-0.15, -0.1) is 11.3 Å². The summed E-state index contributed by atoms with van der Waals surface area (Å²) in [6.45, 7) is 2.28. The van der Waals surface area contributed by atoms with Crippen molar-refractivity contribution in [2.24, 2.45) is 5.10 Å². The number of carbonyl (C=O) groups excluding carboxylic acids is 1. The van der Waals surface area contributed by atoms with Crippen molar-refractivity contribution in [3.8, 4) is 0 Å². The fourth-order valence-electron chi connectivity index (χ4n) is 2.16. The van der Waals surface area contributed by atoms with Gasteiger partial charge in [-0.2, -0.15) is 13.5 Å². The van der Waals surface area contributed by atoms with Gasteiger partial charge in [-0.05, 0) is 24.6 Å². The number of rotatable bonds is 10. The maximum absolute atomic E-state index is 11.4. The molecule has 0 fully saturated rings. The van der Waals surface area contributed by atoms with Crippen molar-refractivity contribution in [3.63, 3.8) is 0 Å². The molecule has 1 aromatic heterocycles. The highest BCUT2D eigenvalue weighted by molar-refractivity contribution is 7.85. The lowest BCUT2D eigenvalue weighted by atomic mass is 10.2. The van der Waals surface area contributed by atoms with Gasteiger partial charge in [0.2, 0.25) is 5.13 Å². The van der Waals surface area contributed by atoms with E-state index in [1.807, 2.05) is 24.3 Å². The lowest BCUT2D eigenvalue weighted by molar-refractivity contribution is -0.142. The molecule has 0 bridgehead atoms. The second-order valence-corrected chi connectivity index (χ2v) is 8.23. The molecule has 2 N–H and O–H groups in total. The van der Waals surface area contributed by atoms with Crippen LogP contribution in [0.5, 0.6) is 0 Å². The van der Waals surface area contributed by atoms with Crippen molar-refractivity contribution in [1.82, 2.24) is 4.98 Å². The number of benzene rings is 1. The van der Waals surface area contributed by atoms with E-state index in [9.17, 15) is 13.2 Å². The van der Waals surface area contributed by atoms with Gasteiger partial charge in [0.1, 0.15) is 0 Å². The van der Waals surface area contributed by atoms with E-state index < -0.39 is 10.1 Å². The first kappa shape index (κ1) is 21.8. The van der Waals surface area contributed by atoms with Crippen LogP contribution < -0.4 is 10.3 Å². The van der Waals surface area contributed by atoms with Gasteiger partial charge in [0.25, 0.3) is 10.1 Å². The Bertz CT molecular complexity index is 910. The first-order chi connectivity index (χ1) is 13.3. The monoisotopic (exact) mass is 426 g/mol. The molecule has 0 unspecified atom stereocenters. The normalized spacial score (nSPS) is 11.5. The zero-order chi connectivity index (χ0) is 20.6. The van der Waals surface area contributed by atoms with E-state index in [0.29, 0.717) is 17.4 Å². The van der Waals surface area contributed by atoms with Gasteiger partial charge >= 0.3 is 5.97 Å². The number of aromatic nitrogens is 1. The van der Waals surface area contributed by atoms with Gasteiger partial charge in [0.05, 0.1) is 30.7 Å². The minimum absolute atomic E-state index is 0.127. The second kappa shape index (κ2) is 10.2. The summed E-state index contributed by atoms with van der Waals surface area (Å²) in [6.07, 6.45) is 1.75. The summed E-state index contributed by atoms with van der Waals surface area (Å²) in [5.41, 5.74) is 5.09. The number of anilines is 2. The lowest BCUT2D eigenvalue weighted by Gasteiger charge is -2.18. The minimum atomic E-state index is -3.98. The minimum Gasteiger partial charge on any atom is -0.466 e.